The third-order valence-electron chi connectivity index (χ3n) is 2.16. The number of halogens is 6. The fraction of sp³-hybridized carbons (Fsp3) is 0.714. The Morgan fingerprint density at radius 2 is 1.71 bits per heavy atom. The summed E-state index contributed by atoms with van der Waals surface area (Å²) in [6.45, 7) is 0. The normalized spacial score (nSPS) is 22.1. The molecule has 0 aromatic rings. The highest BCUT2D eigenvalue weighted by atomic mass is 19.4. The van der Waals surface area contributed by atoms with Crippen LogP contribution in [0.15, 0.2) is 5.16 Å². The molecule has 0 aromatic carbocycles. The molecular weight excluding hydrogens is 260 g/mol. The van der Waals surface area contributed by atoms with Gasteiger partial charge in [-0.25, -0.2) is 0 Å². The SMILES string of the molecule is O=CC1=NOC(C(O)(C(F)(F)F)C(F)(F)F)C1. The van der Waals surface area contributed by atoms with Crippen LogP contribution in [0.25, 0.3) is 0 Å². The van der Waals surface area contributed by atoms with Gasteiger partial charge in [0.15, 0.2) is 12.4 Å². The van der Waals surface area contributed by atoms with E-state index in [-0.39, 0.29) is 6.29 Å². The Bertz CT molecular complexity index is 332. The van der Waals surface area contributed by atoms with Crippen LogP contribution >= 0.6 is 0 Å². The van der Waals surface area contributed by atoms with Crippen LogP contribution in [0.5, 0.6) is 0 Å². The molecule has 0 aliphatic carbocycles. The summed E-state index contributed by atoms with van der Waals surface area (Å²) in [6.07, 6.45) is -15.8. The quantitative estimate of drug-likeness (QED) is 0.602. The highest BCUT2D eigenvalue weighted by Gasteiger charge is 2.76. The molecule has 1 aliphatic rings. The maximum absolute atomic E-state index is 12.3. The molecule has 1 N–H and O–H groups in total. The molecule has 0 saturated heterocycles. The minimum absolute atomic E-state index is 0.0484. The molecule has 1 rings (SSSR count). The number of rotatable bonds is 2. The van der Waals surface area contributed by atoms with Crippen molar-refractivity contribution in [2.24, 2.45) is 5.16 Å². The maximum Gasteiger partial charge on any atom is 0.430 e. The van der Waals surface area contributed by atoms with Crippen LogP contribution in [0, 0.1) is 0 Å². The van der Waals surface area contributed by atoms with Gasteiger partial charge in [0.25, 0.3) is 5.60 Å². The molecule has 1 unspecified atom stereocenters. The summed E-state index contributed by atoms with van der Waals surface area (Å²) in [6, 6.07) is 0. The Morgan fingerprint density at radius 3 is 2.00 bits per heavy atom. The molecule has 4 nitrogen and oxygen atoms in total. The van der Waals surface area contributed by atoms with Crippen molar-refractivity contribution < 1.29 is 41.1 Å². The largest absolute Gasteiger partial charge is 0.430 e. The predicted octanol–water partition coefficient (Wildman–Crippen LogP) is 1.19. The van der Waals surface area contributed by atoms with Crippen molar-refractivity contribution in [3.8, 4) is 0 Å². The van der Waals surface area contributed by atoms with Crippen molar-refractivity contribution in [3.05, 3.63) is 0 Å². The molecule has 10 heteroatoms. The molecule has 1 aliphatic heterocycles. The van der Waals surface area contributed by atoms with Crippen molar-refractivity contribution in [3.63, 3.8) is 0 Å². The fourth-order valence-corrected chi connectivity index (χ4v) is 1.22. The molecule has 17 heavy (non-hydrogen) atoms. The molecule has 1 heterocycles. The molecule has 0 spiro atoms. The number of carbonyl (C=O) groups excluding carboxylic acids is 1. The zero-order valence-corrected chi connectivity index (χ0v) is 7.84. The van der Waals surface area contributed by atoms with Crippen LogP contribution in [0.2, 0.25) is 0 Å². The standard InChI is InChI=1S/C7H5F6NO3/c8-6(9,10)5(16,7(11,12)13)4-1-3(2-15)14-17-4/h2,4,16H,1H2. The number of hydrogen-bond donors (Lipinski definition) is 1. The van der Waals surface area contributed by atoms with Crippen molar-refractivity contribution in [1.82, 2.24) is 0 Å². The first-order chi connectivity index (χ1) is 7.54. The van der Waals surface area contributed by atoms with E-state index < -0.39 is 36.2 Å². The molecule has 0 amide bonds. The highest BCUT2D eigenvalue weighted by Crippen LogP contribution is 2.47. The smallest absolute Gasteiger partial charge is 0.388 e. The molecule has 0 bridgehead atoms. The van der Waals surface area contributed by atoms with Crippen molar-refractivity contribution in [2.75, 3.05) is 0 Å². The predicted molar refractivity (Wildman–Crippen MR) is 40.0 cm³/mol. The summed E-state index contributed by atoms with van der Waals surface area (Å²) in [5.41, 5.74) is -5.70. The maximum atomic E-state index is 12.3. The summed E-state index contributed by atoms with van der Waals surface area (Å²) >= 11 is 0. The molecule has 0 radical (unpaired) electrons. The van der Waals surface area contributed by atoms with E-state index in [0.29, 0.717) is 0 Å². The monoisotopic (exact) mass is 265 g/mol. The first-order valence-corrected chi connectivity index (χ1v) is 4.07. The van der Waals surface area contributed by atoms with Gasteiger partial charge in [0, 0.05) is 6.42 Å². The van der Waals surface area contributed by atoms with E-state index >= 15 is 0 Å². The average Bonchev–Trinajstić information content (AvgIpc) is 2.61. The van der Waals surface area contributed by atoms with Crippen LogP contribution < -0.4 is 0 Å². The van der Waals surface area contributed by atoms with Crippen molar-refractivity contribution >= 4 is 12.0 Å². The Morgan fingerprint density at radius 1 is 1.24 bits per heavy atom. The van der Waals surface area contributed by atoms with Crippen molar-refractivity contribution in [2.45, 2.75) is 30.5 Å². The number of oxime groups is 1. The minimum Gasteiger partial charge on any atom is -0.388 e. The second-order valence-electron chi connectivity index (χ2n) is 3.26. The zero-order valence-electron chi connectivity index (χ0n) is 7.84. The summed E-state index contributed by atoms with van der Waals surface area (Å²) in [4.78, 5) is 14.0. The van der Waals surface area contributed by atoms with Gasteiger partial charge in [-0.2, -0.15) is 26.3 Å². The first-order valence-electron chi connectivity index (χ1n) is 4.07. The van der Waals surface area contributed by atoms with Gasteiger partial charge in [0.05, 0.1) is 0 Å². The number of carbonyl (C=O) groups is 1. The molecule has 0 fully saturated rings. The Kier molecular flexibility index (Phi) is 3.12. The lowest BCUT2D eigenvalue weighted by Crippen LogP contribution is -2.64. The lowest BCUT2D eigenvalue weighted by Gasteiger charge is -2.34. The second kappa shape index (κ2) is 3.86. The van der Waals surface area contributed by atoms with Gasteiger partial charge in [0.2, 0.25) is 0 Å². The van der Waals surface area contributed by atoms with E-state index in [1.165, 1.54) is 0 Å². The van der Waals surface area contributed by atoms with Gasteiger partial charge >= 0.3 is 12.4 Å². The van der Waals surface area contributed by atoms with Crippen LogP contribution in [-0.2, 0) is 9.63 Å². The summed E-state index contributed by atoms with van der Waals surface area (Å²) in [5.74, 6) is 0. The van der Waals surface area contributed by atoms with Gasteiger partial charge in [-0.15, -0.1) is 0 Å². The Hall–Kier alpha value is -1.32. The average molecular weight is 265 g/mol. The van der Waals surface area contributed by atoms with E-state index in [9.17, 15) is 31.1 Å². The van der Waals surface area contributed by atoms with E-state index in [0.717, 1.165) is 0 Å². The summed E-state index contributed by atoms with van der Waals surface area (Å²) in [7, 11) is 0. The molecular formula is C7H5F6NO3. The summed E-state index contributed by atoms with van der Waals surface area (Å²) in [5, 5.41) is 11.6. The van der Waals surface area contributed by atoms with Gasteiger partial charge < -0.3 is 9.94 Å². The minimum atomic E-state index is -6.00. The van der Waals surface area contributed by atoms with Crippen LogP contribution in [0.3, 0.4) is 0 Å². The summed E-state index contributed by atoms with van der Waals surface area (Å²) < 4.78 is 73.8. The molecule has 1 atom stereocenters. The van der Waals surface area contributed by atoms with Crippen LogP contribution in [-0.4, -0.2) is 41.2 Å². The van der Waals surface area contributed by atoms with E-state index in [1.807, 2.05) is 0 Å². The Balaban J connectivity index is 3.08. The Labute approximate surface area is 89.8 Å². The number of nitrogens with zero attached hydrogens (tertiary/aromatic N) is 1. The lowest BCUT2D eigenvalue weighted by atomic mass is 9.92. The van der Waals surface area contributed by atoms with Gasteiger partial charge in [-0.1, -0.05) is 5.16 Å². The molecule has 0 saturated carbocycles. The van der Waals surface area contributed by atoms with Gasteiger partial charge in [0.1, 0.15) is 5.71 Å². The molecule has 98 valence electrons. The zero-order chi connectivity index (χ0) is 13.5. The number of aliphatic hydroxyl groups is 1. The van der Waals surface area contributed by atoms with E-state index in [1.54, 1.807) is 0 Å². The topological polar surface area (TPSA) is 58.9 Å². The number of alkyl halides is 6. The fourth-order valence-electron chi connectivity index (χ4n) is 1.22. The lowest BCUT2D eigenvalue weighted by molar-refractivity contribution is -0.392. The van der Waals surface area contributed by atoms with Crippen LogP contribution in [0.1, 0.15) is 6.42 Å². The van der Waals surface area contributed by atoms with Crippen LogP contribution in [0.4, 0.5) is 26.3 Å². The van der Waals surface area contributed by atoms with E-state index in [2.05, 4.69) is 9.99 Å². The number of hydrogen-bond acceptors (Lipinski definition) is 4. The second-order valence-corrected chi connectivity index (χ2v) is 3.26. The first kappa shape index (κ1) is 13.7. The van der Waals surface area contributed by atoms with E-state index in [4.69, 9.17) is 5.11 Å². The van der Waals surface area contributed by atoms with Gasteiger partial charge in [-0.3, -0.25) is 4.79 Å². The highest BCUT2D eigenvalue weighted by molar-refractivity contribution is 6.28. The third kappa shape index (κ3) is 2.08. The molecule has 0 aromatic heterocycles. The third-order valence-corrected chi connectivity index (χ3v) is 2.16. The van der Waals surface area contributed by atoms with Gasteiger partial charge in [-0.05, 0) is 0 Å². The van der Waals surface area contributed by atoms with Crippen molar-refractivity contribution in [1.29, 1.82) is 0 Å². The number of aldehydes is 1.